The number of urea groups is 1. The van der Waals surface area contributed by atoms with E-state index in [1.807, 2.05) is 5.32 Å². The molecule has 0 heterocycles. The van der Waals surface area contributed by atoms with Gasteiger partial charge in [-0.25, -0.2) is 9.59 Å². The molecule has 0 aliphatic carbocycles. The van der Waals surface area contributed by atoms with Crippen LogP contribution in [0.1, 0.15) is 13.8 Å². The Morgan fingerprint density at radius 1 is 1.31 bits per heavy atom. The summed E-state index contributed by atoms with van der Waals surface area (Å²) in [5, 5.41) is 12.7. The molecular weight excluding hydrogens is 350 g/mol. The molecule has 0 bridgehead atoms. The van der Waals surface area contributed by atoms with Gasteiger partial charge in [0.2, 0.25) is 5.75 Å². The molecule has 0 aliphatic heterocycles. The number of rotatable bonds is 8. The molecule has 3 N–H and O–H groups in total. The van der Waals surface area contributed by atoms with Crippen molar-refractivity contribution in [2.75, 3.05) is 13.7 Å². The highest BCUT2D eigenvalue weighted by molar-refractivity contribution is 5.96. The molecule has 0 radical (unpaired) electrons. The summed E-state index contributed by atoms with van der Waals surface area (Å²) in [7, 11) is 1.25. The second kappa shape index (κ2) is 9.20. The van der Waals surface area contributed by atoms with Gasteiger partial charge in [0.15, 0.2) is 12.7 Å². The van der Waals surface area contributed by atoms with E-state index in [1.54, 1.807) is 13.8 Å². The van der Waals surface area contributed by atoms with Gasteiger partial charge in [-0.15, -0.1) is 0 Å². The highest BCUT2D eigenvalue weighted by atomic mass is 16.6. The van der Waals surface area contributed by atoms with Gasteiger partial charge in [-0.2, -0.15) is 0 Å². The van der Waals surface area contributed by atoms with Crippen LogP contribution in [0.3, 0.4) is 0 Å². The second-order valence-electron chi connectivity index (χ2n) is 5.39. The predicted octanol–water partition coefficient (Wildman–Crippen LogP) is 0.745. The summed E-state index contributed by atoms with van der Waals surface area (Å²) < 4.78 is 15.1. The van der Waals surface area contributed by atoms with Crippen LogP contribution in [0.15, 0.2) is 18.2 Å². The zero-order chi connectivity index (χ0) is 19.9. The van der Waals surface area contributed by atoms with Gasteiger partial charge in [0.1, 0.15) is 5.75 Å². The molecule has 1 atom stereocenters. The maximum Gasteiger partial charge on any atom is 0.344 e. The number of hydrogen-bond acceptors (Lipinski definition) is 8. The van der Waals surface area contributed by atoms with Crippen LogP contribution >= 0.6 is 0 Å². The average molecular weight is 369 g/mol. The third kappa shape index (κ3) is 5.92. The summed E-state index contributed by atoms with van der Waals surface area (Å²) in [4.78, 5) is 44.6. The minimum atomic E-state index is -1.23. The highest BCUT2D eigenvalue weighted by Crippen LogP contribution is 2.30. The molecular formula is C15H19N3O8. The quantitative estimate of drug-likeness (QED) is 0.385. The van der Waals surface area contributed by atoms with Gasteiger partial charge in [-0.1, -0.05) is 13.8 Å². The van der Waals surface area contributed by atoms with E-state index in [9.17, 15) is 24.5 Å². The van der Waals surface area contributed by atoms with Crippen molar-refractivity contribution in [1.29, 1.82) is 0 Å². The molecule has 11 nitrogen and oxygen atoms in total. The van der Waals surface area contributed by atoms with Crippen molar-refractivity contribution in [2.45, 2.75) is 20.0 Å². The molecule has 0 saturated carbocycles. The molecule has 142 valence electrons. The molecule has 1 rings (SSSR count). The number of nitrogens with two attached hydrogens (primary N) is 1. The van der Waals surface area contributed by atoms with Gasteiger partial charge in [0.05, 0.1) is 12.0 Å². The van der Waals surface area contributed by atoms with Gasteiger partial charge in [0.25, 0.3) is 5.91 Å². The van der Waals surface area contributed by atoms with Gasteiger partial charge in [0, 0.05) is 12.1 Å². The molecule has 0 aliphatic rings. The third-order valence-corrected chi connectivity index (χ3v) is 3.07. The zero-order valence-corrected chi connectivity index (χ0v) is 14.4. The maximum absolute atomic E-state index is 11.9. The van der Waals surface area contributed by atoms with Crippen LogP contribution in [0.2, 0.25) is 0 Å². The summed E-state index contributed by atoms with van der Waals surface area (Å²) >= 11 is 0. The molecule has 0 spiro atoms. The lowest BCUT2D eigenvalue weighted by atomic mass is 10.1. The van der Waals surface area contributed by atoms with E-state index in [0.29, 0.717) is 0 Å². The third-order valence-electron chi connectivity index (χ3n) is 3.07. The number of carbonyl (C=O) groups excluding carboxylic acids is 3. The minimum absolute atomic E-state index is 0.0400. The van der Waals surface area contributed by atoms with E-state index in [-0.39, 0.29) is 17.2 Å². The van der Waals surface area contributed by atoms with Gasteiger partial charge in [-0.3, -0.25) is 20.2 Å². The number of methoxy groups -OCH3 is 1. The summed E-state index contributed by atoms with van der Waals surface area (Å²) in [6, 6.07) is 2.63. The van der Waals surface area contributed by atoms with Crippen LogP contribution in [0.5, 0.6) is 11.5 Å². The smallest absolute Gasteiger partial charge is 0.344 e. The average Bonchev–Trinajstić information content (AvgIpc) is 2.56. The van der Waals surface area contributed by atoms with Crippen molar-refractivity contribution in [3.63, 3.8) is 0 Å². The molecule has 3 amide bonds. The fourth-order valence-corrected chi connectivity index (χ4v) is 1.90. The Morgan fingerprint density at radius 2 is 1.96 bits per heavy atom. The van der Waals surface area contributed by atoms with E-state index < -0.39 is 41.5 Å². The topological polar surface area (TPSA) is 160 Å². The molecule has 1 aromatic carbocycles. The monoisotopic (exact) mass is 369 g/mol. The van der Waals surface area contributed by atoms with Crippen molar-refractivity contribution in [3.05, 3.63) is 28.3 Å². The van der Waals surface area contributed by atoms with E-state index >= 15 is 0 Å². The Kier molecular flexibility index (Phi) is 7.32. The Labute approximate surface area is 148 Å². The van der Waals surface area contributed by atoms with Crippen molar-refractivity contribution in [2.24, 2.45) is 11.7 Å². The number of esters is 1. The number of carbonyl (C=O) groups is 3. The van der Waals surface area contributed by atoms with E-state index in [0.717, 1.165) is 6.07 Å². The number of hydrogen-bond donors (Lipinski definition) is 2. The summed E-state index contributed by atoms with van der Waals surface area (Å²) in [5.41, 5.74) is 4.60. The van der Waals surface area contributed by atoms with Crippen molar-refractivity contribution in [1.82, 2.24) is 5.32 Å². The van der Waals surface area contributed by atoms with Gasteiger partial charge < -0.3 is 19.9 Å². The van der Waals surface area contributed by atoms with E-state index in [2.05, 4.69) is 0 Å². The molecule has 1 aromatic rings. The first-order valence-corrected chi connectivity index (χ1v) is 7.40. The second-order valence-corrected chi connectivity index (χ2v) is 5.39. The minimum Gasteiger partial charge on any atom is -0.490 e. The van der Waals surface area contributed by atoms with E-state index in [4.69, 9.17) is 19.9 Å². The van der Waals surface area contributed by atoms with Crippen LogP contribution in [0.25, 0.3) is 0 Å². The first-order valence-electron chi connectivity index (χ1n) is 7.40. The lowest BCUT2D eigenvalue weighted by molar-refractivity contribution is -0.385. The van der Waals surface area contributed by atoms with Crippen molar-refractivity contribution in [3.8, 4) is 11.5 Å². The Balaban J connectivity index is 2.71. The normalized spacial score (nSPS) is 11.4. The molecule has 11 heteroatoms. The molecule has 0 saturated heterocycles. The molecule has 26 heavy (non-hydrogen) atoms. The number of primary amides is 1. The summed E-state index contributed by atoms with van der Waals surface area (Å²) in [6.45, 7) is 2.66. The SMILES string of the molecule is COc1cc(OCC(=O)OC(C(=O)NC(N)=O)C(C)C)ccc1[N+](=O)[O-]. The molecule has 0 fully saturated rings. The van der Waals surface area contributed by atoms with Crippen LogP contribution in [0, 0.1) is 16.0 Å². The fraction of sp³-hybridized carbons (Fsp3) is 0.400. The Bertz CT molecular complexity index is 704. The first-order chi connectivity index (χ1) is 12.1. The van der Waals surface area contributed by atoms with Crippen LogP contribution in [-0.4, -0.2) is 42.7 Å². The molecule has 1 unspecified atom stereocenters. The largest absolute Gasteiger partial charge is 0.490 e. The zero-order valence-electron chi connectivity index (χ0n) is 14.4. The maximum atomic E-state index is 11.9. The lowest BCUT2D eigenvalue weighted by Gasteiger charge is -2.19. The fourth-order valence-electron chi connectivity index (χ4n) is 1.90. The van der Waals surface area contributed by atoms with Crippen molar-refractivity contribution < 1.29 is 33.5 Å². The summed E-state index contributed by atoms with van der Waals surface area (Å²) in [5.74, 6) is -2.05. The molecule has 0 aromatic heterocycles. The number of nitrogens with zero attached hydrogens (tertiary/aromatic N) is 1. The van der Waals surface area contributed by atoms with Gasteiger partial charge in [-0.05, 0) is 12.0 Å². The standard InChI is InChI=1S/C15H19N3O8/c1-8(2)13(14(20)17-15(16)21)26-12(19)7-25-9-4-5-10(18(22)23)11(6-9)24-3/h4-6,8,13H,7H2,1-3H3,(H3,16,17,20,21). The van der Waals surface area contributed by atoms with E-state index in [1.165, 1.54) is 19.2 Å². The Hall–Kier alpha value is -3.37. The number of amides is 3. The summed E-state index contributed by atoms with van der Waals surface area (Å²) in [6.07, 6.45) is -1.23. The lowest BCUT2D eigenvalue weighted by Crippen LogP contribution is -2.46. The number of ether oxygens (including phenoxy) is 3. The number of nitro groups is 1. The Morgan fingerprint density at radius 3 is 2.46 bits per heavy atom. The number of nitro benzene ring substituents is 1. The first kappa shape index (κ1) is 20.7. The van der Waals surface area contributed by atoms with Gasteiger partial charge >= 0.3 is 17.7 Å². The highest BCUT2D eigenvalue weighted by Gasteiger charge is 2.27. The predicted molar refractivity (Wildman–Crippen MR) is 87.6 cm³/mol. The number of nitrogens with one attached hydrogen (secondary N) is 1. The van der Waals surface area contributed by atoms with Crippen LogP contribution in [0.4, 0.5) is 10.5 Å². The van der Waals surface area contributed by atoms with Crippen LogP contribution < -0.4 is 20.5 Å². The van der Waals surface area contributed by atoms with Crippen LogP contribution in [-0.2, 0) is 14.3 Å². The number of benzene rings is 1. The number of imide groups is 1. The van der Waals surface area contributed by atoms with Crippen molar-refractivity contribution >= 4 is 23.6 Å².